The average molecular weight is 259 g/mol. The molecule has 0 aliphatic rings. The molecule has 0 spiro atoms. The Balaban J connectivity index is 2.68. The van der Waals surface area contributed by atoms with Crippen LogP contribution in [0.4, 0.5) is 18.0 Å². The van der Waals surface area contributed by atoms with Gasteiger partial charge in [0.2, 0.25) is 0 Å². The van der Waals surface area contributed by atoms with E-state index in [-0.39, 0.29) is 6.54 Å². The molecule has 0 fully saturated rings. The Kier molecular flexibility index (Phi) is 4.36. The summed E-state index contributed by atoms with van der Waals surface area (Å²) in [7, 11) is 1.22. The van der Waals surface area contributed by atoms with E-state index in [4.69, 9.17) is 0 Å². The summed E-state index contributed by atoms with van der Waals surface area (Å²) >= 11 is 0. The first kappa shape index (κ1) is 14.1. The lowest BCUT2D eigenvalue weighted by Gasteiger charge is -2.10. The topological polar surface area (TPSA) is 38.3 Å². The van der Waals surface area contributed by atoms with E-state index in [1.807, 2.05) is 0 Å². The van der Waals surface area contributed by atoms with Crippen molar-refractivity contribution in [3.05, 3.63) is 42.0 Å². The molecule has 3 nitrogen and oxygen atoms in total. The van der Waals surface area contributed by atoms with Crippen molar-refractivity contribution < 1.29 is 22.7 Å². The summed E-state index contributed by atoms with van der Waals surface area (Å²) in [5.74, 6) is 0. The molecule has 1 aromatic rings. The minimum atomic E-state index is -4.36. The summed E-state index contributed by atoms with van der Waals surface area (Å²) in [5, 5.41) is 2.39. The van der Waals surface area contributed by atoms with Gasteiger partial charge in [-0.15, -0.1) is 0 Å². The minimum absolute atomic E-state index is 0.109. The lowest BCUT2D eigenvalue weighted by Crippen LogP contribution is -2.24. The summed E-state index contributed by atoms with van der Waals surface area (Å²) < 4.78 is 41.3. The Morgan fingerprint density at radius 1 is 1.33 bits per heavy atom. The van der Waals surface area contributed by atoms with Crippen LogP contribution in [0.3, 0.4) is 0 Å². The number of alkyl halides is 3. The molecule has 0 aliphatic heterocycles. The molecule has 0 atom stereocenters. The monoisotopic (exact) mass is 259 g/mol. The first-order valence-corrected chi connectivity index (χ1v) is 5.02. The molecule has 0 aromatic heterocycles. The van der Waals surface area contributed by atoms with Gasteiger partial charge in [-0.3, -0.25) is 0 Å². The van der Waals surface area contributed by atoms with Crippen LogP contribution in [0.1, 0.15) is 11.1 Å². The Morgan fingerprint density at radius 2 is 1.89 bits per heavy atom. The van der Waals surface area contributed by atoms with Crippen LogP contribution in [-0.4, -0.2) is 19.7 Å². The normalized spacial score (nSPS) is 10.9. The number of ether oxygens (including phenoxy) is 1. The van der Waals surface area contributed by atoms with Crippen LogP contribution in [0.5, 0.6) is 0 Å². The molecule has 0 unspecified atom stereocenters. The molecule has 1 aromatic carbocycles. The SMILES string of the molecule is C=C(CNC(=O)OC)c1ccc(C(F)(F)F)cc1. The highest BCUT2D eigenvalue weighted by Crippen LogP contribution is 2.29. The quantitative estimate of drug-likeness (QED) is 0.905. The molecule has 98 valence electrons. The van der Waals surface area contributed by atoms with Gasteiger partial charge in [-0.2, -0.15) is 13.2 Å². The second-order valence-corrected chi connectivity index (χ2v) is 3.52. The van der Waals surface area contributed by atoms with Crippen LogP contribution in [0.15, 0.2) is 30.8 Å². The van der Waals surface area contributed by atoms with Gasteiger partial charge in [0.15, 0.2) is 0 Å². The number of halogens is 3. The number of rotatable bonds is 3. The van der Waals surface area contributed by atoms with Gasteiger partial charge in [0.1, 0.15) is 0 Å². The van der Waals surface area contributed by atoms with E-state index in [0.717, 1.165) is 12.1 Å². The highest BCUT2D eigenvalue weighted by molar-refractivity contribution is 5.72. The van der Waals surface area contributed by atoms with Crippen LogP contribution in [0.2, 0.25) is 0 Å². The predicted molar refractivity (Wildman–Crippen MR) is 60.9 cm³/mol. The number of alkyl carbamates (subject to hydrolysis) is 1. The molecule has 0 radical (unpaired) electrons. The molecular formula is C12H12F3NO2. The Labute approximate surface area is 102 Å². The van der Waals surface area contributed by atoms with E-state index in [1.54, 1.807) is 0 Å². The second kappa shape index (κ2) is 5.57. The van der Waals surface area contributed by atoms with Gasteiger partial charge in [-0.25, -0.2) is 4.79 Å². The number of amides is 1. The lowest BCUT2D eigenvalue weighted by atomic mass is 10.1. The molecule has 0 saturated heterocycles. The third-order valence-electron chi connectivity index (χ3n) is 2.25. The zero-order chi connectivity index (χ0) is 13.8. The highest BCUT2D eigenvalue weighted by Gasteiger charge is 2.29. The fourth-order valence-corrected chi connectivity index (χ4v) is 1.25. The van der Waals surface area contributed by atoms with Crippen molar-refractivity contribution in [2.45, 2.75) is 6.18 Å². The summed E-state index contributed by atoms with van der Waals surface area (Å²) in [6.07, 6.45) is -4.98. The molecule has 1 N–H and O–H groups in total. The predicted octanol–water partition coefficient (Wildman–Crippen LogP) is 3.07. The standard InChI is InChI=1S/C12H12F3NO2/c1-8(7-16-11(17)18-2)9-3-5-10(6-4-9)12(13,14)15/h3-6H,1,7H2,2H3,(H,16,17). The maximum atomic E-state index is 12.3. The number of hydrogen-bond donors (Lipinski definition) is 1. The maximum absolute atomic E-state index is 12.3. The van der Waals surface area contributed by atoms with Crippen LogP contribution in [0.25, 0.3) is 5.57 Å². The summed E-state index contributed by atoms with van der Waals surface area (Å²) in [6, 6.07) is 4.56. The maximum Gasteiger partial charge on any atom is 0.416 e. The fraction of sp³-hybridized carbons (Fsp3) is 0.250. The number of carbonyl (C=O) groups is 1. The molecule has 0 bridgehead atoms. The summed E-state index contributed by atoms with van der Waals surface area (Å²) in [4.78, 5) is 10.8. The van der Waals surface area contributed by atoms with Crippen molar-refractivity contribution in [3.63, 3.8) is 0 Å². The van der Waals surface area contributed by atoms with Crippen molar-refractivity contribution in [1.29, 1.82) is 0 Å². The molecule has 0 heterocycles. The smallest absolute Gasteiger partial charge is 0.416 e. The summed E-state index contributed by atoms with van der Waals surface area (Å²) in [5.41, 5.74) is 0.300. The van der Waals surface area contributed by atoms with E-state index in [2.05, 4.69) is 16.6 Å². The van der Waals surface area contributed by atoms with E-state index >= 15 is 0 Å². The first-order chi connectivity index (χ1) is 8.34. The molecule has 1 amide bonds. The lowest BCUT2D eigenvalue weighted by molar-refractivity contribution is -0.137. The second-order valence-electron chi connectivity index (χ2n) is 3.52. The molecular weight excluding hydrogens is 247 g/mol. The van der Waals surface area contributed by atoms with E-state index in [1.165, 1.54) is 19.2 Å². The summed E-state index contributed by atoms with van der Waals surface area (Å²) in [6.45, 7) is 3.78. The third-order valence-corrected chi connectivity index (χ3v) is 2.25. The molecule has 6 heteroatoms. The van der Waals surface area contributed by atoms with E-state index in [0.29, 0.717) is 11.1 Å². The minimum Gasteiger partial charge on any atom is -0.453 e. The zero-order valence-electron chi connectivity index (χ0n) is 9.67. The third kappa shape index (κ3) is 3.80. The molecule has 0 saturated carbocycles. The van der Waals surface area contributed by atoms with Gasteiger partial charge in [0.05, 0.1) is 12.7 Å². The Morgan fingerprint density at radius 3 is 2.33 bits per heavy atom. The molecule has 1 rings (SSSR count). The van der Waals surface area contributed by atoms with E-state index < -0.39 is 17.8 Å². The Hall–Kier alpha value is -1.98. The van der Waals surface area contributed by atoms with Crippen LogP contribution in [-0.2, 0) is 10.9 Å². The number of nitrogens with one attached hydrogen (secondary N) is 1. The highest BCUT2D eigenvalue weighted by atomic mass is 19.4. The molecule has 0 aliphatic carbocycles. The van der Waals surface area contributed by atoms with Gasteiger partial charge in [0.25, 0.3) is 0 Å². The average Bonchev–Trinajstić information content (AvgIpc) is 2.34. The number of benzene rings is 1. The van der Waals surface area contributed by atoms with Crippen molar-refractivity contribution in [1.82, 2.24) is 5.32 Å². The van der Waals surface area contributed by atoms with Gasteiger partial charge >= 0.3 is 12.3 Å². The number of carbonyl (C=O) groups excluding carboxylic acids is 1. The molecule has 18 heavy (non-hydrogen) atoms. The number of methoxy groups -OCH3 is 1. The van der Waals surface area contributed by atoms with E-state index in [9.17, 15) is 18.0 Å². The van der Waals surface area contributed by atoms with Gasteiger partial charge < -0.3 is 10.1 Å². The fourth-order valence-electron chi connectivity index (χ4n) is 1.25. The van der Waals surface area contributed by atoms with Crippen LogP contribution < -0.4 is 5.32 Å². The van der Waals surface area contributed by atoms with Gasteiger partial charge in [-0.1, -0.05) is 18.7 Å². The van der Waals surface area contributed by atoms with Gasteiger partial charge in [0, 0.05) is 6.54 Å². The first-order valence-electron chi connectivity index (χ1n) is 5.02. The largest absolute Gasteiger partial charge is 0.453 e. The Bertz CT molecular complexity index is 438. The number of hydrogen-bond acceptors (Lipinski definition) is 2. The zero-order valence-corrected chi connectivity index (χ0v) is 9.67. The van der Waals surface area contributed by atoms with Crippen LogP contribution >= 0.6 is 0 Å². The van der Waals surface area contributed by atoms with Crippen molar-refractivity contribution in [2.24, 2.45) is 0 Å². The van der Waals surface area contributed by atoms with Crippen LogP contribution in [0, 0.1) is 0 Å². The van der Waals surface area contributed by atoms with Gasteiger partial charge in [-0.05, 0) is 23.3 Å². The van der Waals surface area contributed by atoms with Crippen molar-refractivity contribution in [3.8, 4) is 0 Å². The van der Waals surface area contributed by atoms with Crippen molar-refractivity contribution >= 4 is 11.7 Å². The van der Waals surface area contributed by atoms with Crippen molar-refractivity contribution in [2.75, 3.05) is 13.7 Å².